The fourth-order valence-electron chi connectivity index (χ4n) is 2.17. The summed E-state index contributed by atoms with van der Waals surface area (Å²) in [5.41, 5.74) is 10.1. The van der Waals surface area contributed by atoms with Gasteiger partial charge in [0.2, 0.25) is 5.91 Å². The number of urea groups is 1. The van der Waals surface area contributed by atoms with E-state index in [0.29, 0.717) is 17.1 Å². The quantitative estimate of drug-likeness (QED) is 0.610. The highest BCUT2D eigenvalue weighted by Gasteiger charge is 2.19. The number of rotatable bonds is 5. The molecule has 0 aliphatic carbocycles. The normalized spacial score (nSPS) is 11.6. The van der Waals surface area contributed by atoms with Gasteiger partial charge in [0.1, 0.15) is 11.5 Å². The minimum absolute atomic E-state index is 0.0624. The third-order valence-corrected chi connectivity index (χ3v) is 4.18. The maximum Gasteiger partial charge on any atom is 0.312 e. The molecule has 0 aromatic carbocycles. The number of primary amides is 1. The van der Waals surface area contributed by atoms with Crippen molar-refractivity contribution in [2.45, 2.75) is 26.3 Å². The second kappa shape index (κ2) is 7.64. The molecule has 2 aromatic rings. The topological polar surface area (TPSA) is 126 Å². The number of carbonyl (C=O) groups excluding carboxylic acids is 3. The van der Waals surface area contributed by atoms with E-state index in [1.807, 2.05) is 5.38 Å². The van der Waals surface area contributed by atoms with E-state index >= 15 is 0 Å². The highest BCUT2D eigenvalue weighted by atomic mass is 32.1. The second-order valence-electron chi connectivity index (χ2n) is 5.11. The SMILES string of the molecule is Cc1cc(C(=O)NNC(=O)CC(NC(N)=O)c2cccs2)c(C)o1. The first-order valence-electron chi connectivity index (χ1n) is 7.12. The molecule has 0 aliphatic heterocycles. The molecule has 0 saturated carbocycles. The number of thiophene rings is 1. The Morgan fingerprint density at radius 1 is 1.29 bits per heavy atom. The number of hydrogen-bond acceptors (Lipinski definition) is 5. The minimum Gasteiger partial charge on any atom is -0.466 e. The van der Waals surface area contributed by atoms with Gasteiger partial charge in [-0.1, -0.05) is 6.07 Å². The fourth-order valence-corrected chi connectivity index (χ4v) is 2.95. The Kier molecular flexibility index (Phi) is 5.59. The Balaban J connectivity index is 1.92. The van der Waals surface area contributed by atoms with Gasteiger partial charge in [-0.3, -0.25) is 20.4 Å². The zero-order valence-electron chi connectivity index (χ0n) is 13.2. The molecule has 2 rings (SSSR count). The van der Waals surface area contributed by atoms with Crippen molar-refractivity contribution in [2.24, 2.45) is 5.73 Å². The molecule has 0 fully saturated rings. The summed E-state index contributed by atoms with van der Waals surface area (Å²) in [7, 11) is 0. The summed E-state index contributed by atoms with van der Waals surface area (Å²) in [6, 6.07) is 3.89. The van der Waals surface area contributed by atoms with Crippen LogP contribution in [0.3, 0.4) is 0 Å². The lowest BCUT2D eigenvalue weighted by Gasteiger charge is -2.16. The molecule has 5 N–H and O–H groups in total. The summed E-state index contributed by atoms with van der Waals surface area (Å²) in [4.78, 5) is 35.9. The summed E-state index contributed by atoms with van der Waals surface area (Å²) in [5.74, 6) is 0.125. The van der Waals surface area contributed by atoms with E-state index < -0.39 is 23.9 Å². The second-order valence-corrected chi connectivity index (χ2v) is 6.09. The molecule has 0 radical (unpaired) electrons. The van der Waals surface area contributed by atoms with Crippen molar-refractivity contribution in [3.8, 4) is 0 Å². The van der Waals surface area contributed by atoms with Gasteiger partial charge in [0.15, 0.2) is 0 Å². The number of carbonyl (C=O) groups is 3. The Hall–Kier alpha value is -2.81. The van der Waals surface area contributed by atoms with Crippen LogP contribution in [0.4, 0.5) is 4.79 Å². The molecule has 0 bridgehead atoms. The van der Waals surface area contributed by atoms with E-state index in [-0.39, 0.29) is 6.42 Å². The number of hydrazine groups is 1. The first kappa shape index (κ1) is 17.5. The standard InChI is InChI=1S/C15H18N4O4S/c1-8-6-10(9(2)23-8)14(21)19-18-13(20)7-11(17-15(16)22)12-4-3-5-24-12/h3-6,11H,7H2,1-2H3,(H,18,20)(H,19,21)(H3,16,17,22). The van der Waals surface area contributed by atoms with Gasteiger partial charge >= 0.3 is 6.03 Å². The monoisotopic (exact) mass is 350 g/mol. The van der Waals surface area contributed by atoms with E-state index in [9.17, 15) is 14.4 Å². The number of hydrogen-bond donors (Lipinski definition) is 4. The molecule has 9 heteroatoms. The van der Waals surface area contributed by atoms with Crippen molar-refractivity contribution in [1.82, 2.24) is 16.2 Å². The van der Waals surface area contributed by atoms with Gasteiger partial charge < -0.3 is 15.5 Å². The van der Waals surface area contributed by atoms with Crippen LogP contribution in [0.5, 0.6) is 0 Å². The van der Waals surface area contributed by atoms with Crippen molar-refractivity contribution < 1.29 is 18.8 Å². The maximum absolute atomic E-state index is 12.0. The Labute approximate surface area is 142 Å². The average molecular weight is 350 g/mol. The van der Waals surface area contributed by atoms with Crippen LogP contribution in [0.2, 0.25) is 0 Å². The van der Waals surface area contributed by atoms with Crippen LogP contribution in [0.1, 0.15) is 39.2 Å². The van der Waals surface area contributed by atoms with Gasteiger partial charge in [-0.2, -0.15) is 0 Å². The third-order valence-electron chi connectivity index (χ3n) is 3.19. The van der Waals surface area contributed by atoms with E-state index in [1.54, 1.807) is 32.0 Å². The third kappa shape index (κ3) is 4.59. The van der Waals surface area contributed by atoms with Crippen molar-refractivity contribution in [3.63, 3.8) is 0 Å². The lowest BCUT2D eigenvalue weighted by Crippen LogP contribution is -2.44. The molecule has 128 valence electrons. The highest BCUT2D eigenvalue weighted by molar-refractivity contribution is 7.10. The Morgan fingerprint density at radius 3 is 2.58 bits per heavy atom. The van der Waals surface area contributed by atoms with Gasteiger partial charge in [-0.05, 0) is 31.4 Å². The van der Waals surface area contributed by atoms with Gasteiger partial charge in [0, 0.05) is 4.88 Å². The number of nitrogens with two attached hydrogens (primary N) is 1. The van der Waals surface area contributed by atoms with Gasteiger partial charge in [-0.25, -0.2) is 4.79 Å². The minimum atomic E-state index is -0.727. The molecule has 0 aliphatic rings. The summed E-state index contributed by atoms with van der Waals surface area (Å²) >= 11 is 1.39. The predicted octanol–water partition coefficient (Wildman–Crippen LogP) is 1.52. The van der Waals surface area contributed by atoms with Crippen molar-refractivity contribution in [3.05, 3.63) is 45.5 Å². The summed E-state index contributed by atoms with van der Waals surface area (Å²) < 4.78 is 5.27. The lowest BCUT2D eigenvalue weighted by atomic mass is 10.1. The van der Waals surface area contributed by atoms with Crippen LogP contribution < -0.4 is 21.9 Å². The zero-order valence-corrected chi connectivity index (χ0v) is 14.0. The molecular weight excluding hydrogens is 332 g/mol. The maximum atomic E-state index is 12.0. The van der Waals surface area contributed by atoms with Crippen molar-refractivity contribution in [2.75, 3.05) is 0 Å². The van der Waals surface area contributed by atoms with Gasteiger partial charge in [0.05, 0.1) is 18.0 Å². The molecule has 1 unspecified atom stereocenters. The number of aryl methyl sites for hydroxylation is 2. The van der Waals surface area contributed by atoms with Crippen LogP contribution >= 0.6 is 11.3 Å². The van der Waals surface area contributed by atoms with Gasteiger partial charge in [-0.15, -0.1) is 11.3 Å². The molecule has 4 amide bonds. The largest absolute Gasteiger partial charge is 0.466 e. The summed E-state index contributed by atoms with van der Waals surface area (Å²) in [6.45, 7) is 3.39. The molecule has 24 heavy (non-hydrogen) atoms. The smallest absolute Gasteiger partial charge is 0.312 e. The highest BCUT2D eigenvalue weighted by Crippen LogP contribution is 2.21. The molecule has 1 atom stereocenters. The summed E-state index contributed by atoms with van der Waals surface area (Å²) in [6.07, 6.45) is -0.0624. The van der Waals surface area contributed by atoms with E-state index in [4.69, 9.17) is 10.2 Å². The van der Waals surface area contributed by atoms with Crippen LogP contribution in [0.15, 0.2) is 28.0 Å². The number of amides is 4. The zero-order chi connectivity index (χ0) is 17.7. The Morgan fingerprint density at radius 2 is 2.04 bits per heavy atom. The van der Waals surface area contributed by atoms with E-state index in [0.717, 1.165) is 4.88 Å². The molecule has 2 heterocycles. The first-order valence-corrected chi connectivity index (χ1v) is 8.00. The molecule has 8 nitrogen and oxygen atoms in total. The van der Waals surface area contributed by atoms with Crippen LogP contribution in [0, 0.1) is 13.8 Å². The van der Waals surface area contributed by atoms with Crippen molar-refractivity contribution >= 4 is 29.2 Å². The van der Waals surface area contributed by atoms with Crippen LogP contribution in [0.25, 0.3) is 0 Å². The molecular formula is C15H18N4O4S. The molecule has 0 saturated heterocycles. The number of furan rings is 1. The lowest BCUT2D eigenvalue weighted by molar-refractivity contribution is -0.122. The first-order chi connectivity index (χ1) is 11.4. The average Bonchev–Trinajstić information content (AvgIpc) is 3.13. The van der Waals surface area contributed by atoms with Crippen LogP contribution in [-0.2, 0) is 4.79 Å². The van der Waals surface area contributed by atoms with Gasteiger partial charge in [0.25, 0.3) is 5.91 Å². The summed E-state index contributed by atoms with van der Waals surface area (Å²) in [5, 5.41) is 4.33. The molecule has 0 spiro atoms. The van der Waals surface area contributed by atoms with E-state index in [2.05, 4.69) is 16.2 Å². The number of nitrogens with one attached hydrogen (secondary N) is 3. The van der Waals surface area contributed by atoms with Crippen molar-refractivity contribution in [1.29, 1.82) is 0 Å². The Bertz CT molecular complexity index is 739. The fraction of sp³-hybridized carbons (Fsp3) is 0.267. The predicted molar refractivity (Wildman–Crippen MR) is 88.2 cm³/mol. The van der Waals surface area contributed by atoms with Crippen LogP contribution in [-0.4, -0.2) is 17.8 Å². The molecule has 2 aromatic heterocycles. The van der Waals surface area contributed by atoms with E-state index in [1.165, 1.54) is 11.3 Å².